The quantitative estimate of drug-likeness (QED) is 0.324. The summed E-state index contributed by atoms with van der Waals surface area (Å²) in [7, 11) is 0. The zero-order chi connectivity index (χ0) is 24.3. The average Bonchev–Trinajstić information content (AvgIpc) is 3.39. The summed E-state index contributed by atoms with van der Waals surface area (Å²) in [6.07, 6.45) is 6.85. The Labute approximate surface area is 200 Å². The topological polar surface area (TPSA) is 95.5 Å². The molecule has 0 fully saturated rings. The number of H-pyrrole nitrogens is 1. The minimum absolute atomic E-state index is 0.0171. The van der Waals surface area contributed by atoms with Crippen LogP contribution >= 0.6 is 0 Å². The first-order valence-electron chi connectivity index (χ1n) is 11.8. The number of aliphatic carboxylic acids is 1. The Kier molecular flexibility index (Phi) is 9.26. The number of nitrogens with one attached hydrogen (secondary N) is 1. The van der Waals surface area contributed by atoms with Crippen LogP contribution in [0.3, 0.4) is 0 Å². The number of benzene rings is 2. The van der Waals surface area contributed by atoms with Gasteiger partial charge in [-0.2, -0.15) is 5.10 Å². The number of aromatic amines is 1. The van der Waals surface area contributed by atoms with E-state index in [1.807, 2.05) is 59.6 Å². The van der Waals surface area contributed by atoms with Crippen molar-refractivity contribution in [2.75, 3.05) is 6.61 Å². The van der Waals surface area contributed by atoms with Crippen molar-refractivity contribution in [2.24, 2.45) is 0 Å². The van der Waals surface area contributed by atoms with Gasteiger partial charge in [0.1, 0.15) is 5.75 Å². The maximum absolute atomic E-state index is 13.5. The molecule has 0 aliphatic heterocycles. The number of para-hydroxylation sites is 1. The highest BCUT2D eigenvalue weighted by atomic mass is 16.5. The number of carboxylic acid groups (broad SMARTS) is 1. The van der Waals surface area contributed by atoms with E-state index in [1.54, 1.807) is 6.20 Å². The summed E-state index contributed by atoms with van der Waals surface area (Å²) in [6.45, 7) is 5.10. The summed E-state index contributed by atoms with van der Waals surface area (Å²) < 4.78 is 6.01. The van der Waals surface area contributed by atoms with Gasteiger partial charge >= 0.3 is 5.97 Å². The van der Waals surface area contributed by atoms with Gasteiger partial charge in [0.05, 0.1) is 12.8 Å². The lowest BCUT2D eigenvalue weighted by atomic mass is 10.0. The summed E-state index contributed by atoms with van der Waals surface area (Å²) in [4.78, 5) is 26.0. The molecule has 180 valence electrons. The maximum Gasteiger partial charge on any atom is 0.303 e. The number of hydrogen-bond donors (Lipinski definition) is 2. The Bertz CT molecular complexity index is 1050. The van der Waals surface area contributed by atoms with Crippen LogP contribution in [-0.2, 0) is 11.3 Å². The van der Waals surface area contributed by atoms with Crippen molar-refractivity contribution in [2.45, 2.75) is 58.5 Å². The molecule has 7 heteroatoms. The summed E-state index contributed by atoms with van der Waals surface area (Å²) in [5, 5.41) is 15.5. The first kappa shape index (κ1) is 25.0. The van der Waals surface area contributed by atoms with Crippen molar-refractivity contribution in [3.63, 3.8) is 0 Å². The van der Waals surface area contributed by atoms with E-state index in [0.717, 1.165) is 41.7 Å². The molecule has 7 nitrogen and oxygen atoms in total. The van der Waals surface area contributed by atoms with Gasteiger partial charge in [0.25, 0.3) is 5.91 Å². The number of amides is 1. The fraction of sp³-hybridized carbons (Fsp3) is 0.370. The van der Waals surface area contributed by atoms with Crippen LogP contribution < -0.4 is 4.74 Å². The van der Waals surface area contributed by atoms with Crippen LogP contribution in [0.4, 0.5) is 0 Å². The number of nitrogens with zero attached hydrogens (tertiary/aromatic N) is 2. The average molecular weight is 464 g/mol. The summed E-state index contributed by atoms with van der Waals surface area (Å²) in [5.41, 5.74) is 3.58. The molecule has 0 bridgehead atoms. The second-order valence-corrected chi connectivity index (χ2v) is 8.42. The Morgan fingerprint density at radius 1 is 1.06 bits per heavy atom. The van der Waals surface area contributed by atoms with E-state index < -0.39 is 5.97 Å². The molecule has 1 unspecified atom stereocenters. The number of unbranched alkanes of at least 4 members (excludes halogenated alkanes) is 2. The van der Waals surface area contributed by atoms with Crippen molar-refractivity contribution in [3.05, 3.63) is 72.1 Å². The van der Waals surface area contributed by atoms with Gasteiger partial charge in [-0.25, -0.2) is 0 Å². The number of hydrogen-bond acceptors (Lipinski definition) is 4. The second-order valence-electron chi connectivity index (χ2n) is 8.42. The zero-order valence-corrected chi connectivity index (χ0v) is 19.9. The zero-order valence-electron chi connectivity index (χ0n) is 19.9. The highest BCUT2D eigenvalue weighted by molar-refractivity contribution is 5.95. The molecule has 0 saturated carbocycles. The molecule has 0 aliphatic carbocycles. The predicted octanol–water partition coefficient (Wildman–Crippen LogP) is 5.54. The molecule has 0 radical (unpaired) electrons. The minimum Gasteiger partial charge on any atom is -0.493 e. The van der Waals surface area contributed by atoms with Gasteiger partial charge in [0.2, 0.25) is 0 Å². The lowest BCUT2D eigenvalue weighted by Gasteiger charge is -2.29. The summed E-state index contributed by atoms with van der Waals surface area (Å²) >= 11 is 0. The highest BCUT2D eigenvalue weighted by Gasteiger charge is 2.22. The molecule has 1 aromatic heterocycles. The number of carbonyl (C=O) groups is 2. The van der Waals surface area contributed by atoms with Gasteiger partial charge in [0, 0.05) is 41.9 Å². The van der Waals surface area contributed by atoms with Gasteiger partial charge in [0.15, 0.2) is 0 Å². The predicted molar refractivity (Wildman–Crippen MR) is 132 cm³/mol. The largest absolute Gasteiger partial charge is 0.493 e. The van der Waals surface area contributed by atoms with E-state index >= 15 is 0 Å². The first-order chi connectivity index (χ1) is 16.5. The fourth-order valence-electron chi connectivity index (χ4n) is 3.72. The lowest BCUT2D eigenvalue weighted by Crippen LogP contribution is -2.37. The Hall–Kier alpha value is -3.61. The molecule has 34 heavy (non-hydrogen) atoms. The third-order valence-corrected chi connectivity index (χ3v) is 5.95. The van der Waals surface area contributed by atoms with E-state index in [2.05, 4.69) is 24.0 Å². The SMILES string of the molecule is CCC(C)N(Cc1ccccc1OCCCCCC(=O)O)C(=O)c1ccc(-c2cn[nH]c2)cc1. The van der Waals surface area contributed by atoms with Crippen molar-refractivity contribution >= 4 is 11.9 Å². The van der Waals surface area contributed by atoms with Gasteiger partial charge < -0.3 is 14.7 Å². The minimum atomic E-state index is -0.766. The van der Waals surface area contributed by atoms with Gasteiger partial charge in [-0.3, -0.25) is 14.7 Å². The normalized spacial score (nSPS) is 11.7. The molecule has 2 N–H and O–H groups in total. The van der Waals surface area contributed by atoms with E-state index in [-0.39, 0.29) is 18.4 Å². The first-order valence-corrected chi connectivity index (χ1v) is 11.8. The summed E-state index contributed by atoms with van der Waals surface area (Å²) in [6, 6.07) is 15.4. The van der Waals surface area contributed by atoms with E-state index in [1.165, 1.54) is 0 Å². The monoisotopic (exact) mass is 463 g/mol. The molecule has 1 amide bonds. The Morgan fingerprint density at radius 2 is 1.82 bits per heavy atom. The second kappa shape index (κ2) is 12.6. The lowest BCUT2D eigenvalue weighted by molar-refractivity contribution is -0.137. The molecule has 3 aromatic rings. The number of rotatable bonds is 13. The highest BCUT2D eigenvalue weighted by Crippen LogP contribution is 2.24. The molecule has 3 rings (SSSR count). The van der Waals surface area contributed by atoms with Crippen LogP contribution in [0.1, 0.15) is 61.9 Å². The Balaban J connectivity index is 1.68. The van der Waals surface area contributed by atoms with Gasteiger partial charge in [-0.15, -0.1) is 0 Å². The van der Waals surface area contributed by atoms with E-state index in [0.29, 0.717) is 25.1 Å². The third kappa shape index (κ3) is 6.94. The standard InChI is InChI=1S/C27H33N3O4/c1-3-20(2)30(27(33)22-14-12-21(13-15-22)24-17-28-29-18-24)19-23-9-6-7-10-25(23)34-16-8-4-5-11-26(31)32/h6-7,9-10,12-15,17-18,20H,3-5,8,11,16,19H2,1-2H3,(H,28,29)(H,31,32). The van der Waals surface area contributed by atoms with Crippen LogP contribution in [0.2, 0.25) is 0 Å². The molecule has 0 aliphatic rings. The molecule has 1 atom stereocenters. The van der Waals surface area contributed by atoms with Crippen LogP contribution in [0.5, 0.6) is 5.75 Å². The molecule has 0 saturated heterocycles. The van der Waals surface area contributed by atoms with Crippen LogP contribution in [-0.4, -0.2) is 44.7 Å². The van der Waals surface area contributed by atoms with Crippen molar-refractivity contribution in [1.82, 2.24) is 15.1 Å². The van der Waals surface area contributed by atoms with Crippen molar-refractivity contribution < 1.29 is 19.4 Å². The molecular weight excluding hydrogens is 430 g/mol. The number of carboxylic acids is 1. The van der Waals surface area contributed by atoms with Gasteiger partial charge in [-0.1, -0.05) is 37.3 Å². The smallest absolute Gasteiger partial charge is 0.303 e. The number of ether oxygens (including phenoxy) is 1. The number of carbonyl (C=O) groups excluding carboxylic acids is 1. The Morgan fingerprint density at radius 3 is 2.50 bits per heavy atom. The van der Waals surface area contributed by atoms with Crippen molar-refractivity contribution in [1.29, 1.82) is 0 Å². The van der Waals surface area contributed by atoms with Crippen molar-refractivity contribution in [3.8, 4) is 16.9 Å². The maximum atomic E-state index is 13.5. The summed E-state index contributed by atoms with van der Waals surface area (Å²) in [5.74, 6) is -0.0223. The molecule has 2 aromatic carbocycles. The number of aromatic nitrogens is 2. The van der Waals surface area contributed by atoms with Crippen LogP contribution in [0.15, 0.2) is 60.9 Å². The van der Waals surface area contributed by atoms with E-state index in [9.17, 15) is 9.59 Å². The molecular formula is C27H33N3O4. The van der Waals surface area contributed by atoms with Crippen LogP contribution in [0, 0.1) is 0 Å². The third-order valence-electron chi connectivity index (χ3n) is 5.95. The van der Waals surface area contributed by atoms with Crippen LogP contribution in [0.25, 0.3) is 11.1 Å². The fourth-order valence-corrected chi connectivity index (χ4v) is 3.72. The molecule has 1 heterocycles. The van der Waals surface area contributed by atoms with Gasteiger partial charge in [-0.05, 0) is 56.4 Å². The van der Waals surface area contributed by atoms with E-state index in [4.69, 9.17) is 9.84 Å². The molecule has 0 spiro atoms.